The SMILES string of the molecule is COC(=O)c1n[nH]nc1N(C)CS(=O)O. The van der Waals surface area contributed by atoms with Crippen LogP contribution in [-0.2, 0) is 15.8 Å². The standard InChI is InChI=1S/C6H10N4O4S/c1-10(3-15(12)13)5-4(6(11)14-2)7-9-8-5/h3H2,1-2H3,(H,12,13)(H,7,8,9). The molecule has 1 heterocycles. The van der Waals surface area contributed by atoms with E-state index in [4.69, 9.17) is 4.55 Å². The minimum absolute atomic E-state index is 0.0227. The van der Waals surface area contributed by atoms with E-state index < -0.39 is 17.0 Å². The van der Waals surface area contributed by atoms with Crippen LogP contribution in [0.5, 0.6) is 0 Å². The van der Waals surface area contributed by atoms with Crippen LogP contribution < -0.4 is 4.90 Å². The minimum Gasteiger partial charge on any atom is -0.464 e. The third kappa shape index (κ3) is 2.73. The first kappa shape index (κ1) is 11.6. The van der Waals surface area contributed by atoms with E-state index >= 15 is 0 Å². The summed E-state index contributed by atoms with van der Waals surface area (Å²) < 4.78 is 23.7. The molecule has 15 heavy (non-hydrogen) atoms. The van der Waals surface area contributed by atoms with Crippen LogP contribution in [0.15, 0.2) is 0 Å². The first-order valence-electron chi connectivity index (χ1n) is 3.84. The van der Waals surface area contributed by atoms with E-state index in [2.05, 4.69) is 20.1 Å². The summed E-state index contributed by atoms with van der Waals surface area (Å²) in [6.07, 6.45) is 0. The molecule has 0 saturated carbocycles. The summed E-state index contributed by atoms with van der Waals surface area (Å²) in [7, 11) is 2.73. The van der Waals surface area contributed by atoms with Crippen molar-refractivity contribution in [3.8, 4) is 0 Å². The average molecular weight is 234 g/mol. The Labute approximate surface area is 87.9 Å². The number of H-pyrrole nitrogens is 1. The summed E-state index contributed by atoms with van der Waals surface area (Å²) in [4.78, 5) is 12.5. The Balaban J connectivity index is 2.89. The fraction of sp³-hybridized carbons (Fsp3) is 0.500. The van der Waals surface area contributed by atoms with Crippen molar-refractivity contribution in [2.45, 2.75) is 0 Å². The quantitative estimate of drug-likeness (QED) is 0.519. The molecule has 0 spiro atoms. The van der Waals surface area contributed by atoms with E-state index in [-0.39, 0.29) is 17.4 Å². The second kappa shape index (κ2) is 4.84. The Bertz CT molecular complexity index is 379. The molecule has 2 N–H and O–H groups in total. The normalized spacial score (nSPS) is 12.2. The number of nitrogens with zero attached hydrogens (tertiary/aromatic N) is 3. The first-order valence-corrected chi connectivity index (χ1v) is 5.11. The van der Waals surface area contributed by atoms with Crippen LogP contribution in [0.3, 0.4) is 0 Å². The number of methoxy groups -OCH3 is 1. The number of aromatic nitrogens is 3. The summed E-state index contributed by atoms with van der Waals surface area (Å²) >= 11 is -2.01. The van der Waals surface area contributed by atoms with E-state index in [0.29, 0.717) is 0 Å². The van der Waals surface area contributed by atoms with Crippen molar-refractivity contribution in [3.63, 3.8) is 0 Å². The smallest absolute Gasteiger partial charge is 0.362 e. The minimum atomic E-state index is -2.01. The van der Waals surface area contributed by atoms with Crippen molar-refractivity contribution in [1.29, 1.82) is 0 Å². The molecule has 0 radical (unpaired) electrons. The molecule has 1 aromatic heterocycles. The topological polar surface area (TPSA) is 108 Å². The average Bonchev–Trinajstić information content (AvgIpc) is 2.63. The van der Waals surface area contributed by atoms with Gasteiger partial charge in [0, 0.05) is 7.05 Å². The number of rotatable bonds is 4. The molecule has 0 saturated heterocycles. The predicted molar refractivity (Wildman–Crippen MR) is 51.8 cm³/mol. The molecule has 0 fully saturated rings. The van der Waals surface area contributed by atoms with Gasteiger partial charge in [-0.25, -0.2) is 9.00 Å². The molecule has 0 bridgehead atoms. The number of ether oxygens (including phenoxy) is 1. The first-order chi connectivity index (χ1) is 7.06. The van der Waals surface area contributed by atoms with Gasteiger partial charge in [0.1, 0.15) is 5.88 Å². The van der Waals surface area contributed by atoms with Gasteiger partial charge in [0.05, 0.1) is 7.11 Å². The molecule has 0 aliphatic rings. The molecule has 1 unspecified atom stereocenters. The zero-order chi connectivity index (χ0) is 11.4. The van der Waals surface area contributed by atoms with Gasteiger partial charge in [-0.2, -0.15) is 5.21 Å². The lowest BCUT2D eigenvalue weighted by atomic mass is 10.4. The number of anilines is 1. The van der Waals surface area contributed by atoms with Gasteiger partial charge in [-0.3, -0.25) is 0 Å². The van der Waals surface area contributed by atoms with Gasteiger partial charge >= 0.3 is 5.97 Å². The number of carbonyl (C=O) groups excluding carboxylic acids is 1. The maximum absolute atomic E-state index is 11.2. The van der Waals surface area contributed by atoms with Gasteiger partial charge < -0.3 is 14.2 Å². The Morgan fingerprint density at radius 3 is 2.87 bits per heavy atom. The zero-order valence-corrected chi connectivity index (χ0v) is 8.95. The van der Waals surface area contributed by atoms with Crippen LogP contribution in [0.2, 0.25) is 0 Å². The van der Waals surface area contributed by atoms with Crippen molar-refractivity contribution >= 4 is 22.9 Å². The van der Waals surface area contributed by atoms with Gasteiger partial charge in [0.2, 0.25) is 5.69 Å². The summed E-state index contributed by atoms with van der Waals surface area (Å²) in [6.45, 7) is 0. The summed E-state index contributed by atoms with van der Waals surface area (Å²) in [6, 6.07) is 0. The largest absolute Gasteiger partial charge is 0.464 e. The van der Waals surface area contributed by atoms with Gasteiger partial charge in [-0.15, -0.1) is 10.2 Å². The summed E-state index contributed by atoms with van der Waals surface area (Å²) in [5, 5.41) is 9.51. The molecule has 84 valence electrons. The number of carbonyl (C=O) groups is 1. The molecule has 8 nitrogen and oxygen atoms in total. The number of hydrogen-bond donors (Lipinski definition) is 2. The lowest BCUT2D eigenvalue weighted by Gasteiger charge is -2.13. The Morgan fingerprint density at radius 1 is 1.67 bits per heavy atom. The van der Waals surface area contributed by atoms with Gasteiger partial charge in [-0.1, -0.05) is 0 Å². The van der Waals surface area contributed by atoms with E-state index in [1.165, 1.54) is 19.1 Å². The maximum atomic E-state index is 11.2. The fourth-order valence-electron chi connectivity index (χ4n) is 0.952. The lowest BCUT2D eigenvalue weighted by Crippen LogP contribution is -2.24. The van der Waals surface area contributed by atoms with E-state index in [0.717, 1.165) is 0 Å². The second-order valence-electron chi connectivity index (χ2n) is 2.64. The number of hydrogen-bond acceptors (Lipinski definition) is 6. The molecular weight excluding hydrogens is 224 g/mol. The lowest BCUT2D eigenvalue weighted by molar-refractivity contribution is 0.0594. The Hall–Kier alpha value is -1.48. The van der Waals surface area contributed by atoms with Crippen LogP contribution in [0.25, 0.3) is 0 Å². The molecule has 1 atom stereocenters. The van der Waals surface area contributed by atoms with E-state index in [9.17, 15) is 9.00 Å². The van der Waals surface area contributed by atoms with E-state index in [1.807, 2.05) is 0 Å². The highest BCUT2D eigenvalue weighted by Crippen LogP contribution is 2.13. The molecular formula is C6H10N4O4S. The Kier molecular flexibility index (Phi) is 3.74. The van der Waals surface area contributed by atoms with Gasteiger partial charge in [0.15, 0.2) is 16.9 Å². The van der Waals surface area contributed by atoms with Crippen molar-refractivity contribution in [1.82, 2.24) is 15.4 Å². The van der Waals surface area contributed by atoms with E-state index in [1.54, 1.807) is 0 Å². The van der Waals surface area contributed by atoms with Crippen LogP contribution in [0, 0.1) is 0 Å². The number of nitrogens with one attached hydrogen (secondary N) is 1. The van der Waals surface area contributed by atoms with Crippen molar-refractivity contribution in [2.75, 3.05) is 24.9 Å². The van der Waals surface area contributed by atoms with Crippen molar-refractivity contribution in [3.05, 3.63) is 5.69 Å². The summed E-state index contributed by atoms with van der Waals surface area (Å²) in [5.74, 6) is -0.658. The van der Waals surface area contributed by atoms with Crippen LogP contribution in [0.4, 0.5) is 5.82 Å². The highest BCUT2D eigenvalue weighted by atomic mass is 32.2. The zero-order valence-electron chi connectivity index (χ0n) is 8.13. The van der Waals surface area contributed by atoms with Crippen LogP contribution >= 0.6 is 0 Å². The van der Waals surface area contributed by atoms with Crippen LogP contribution in [0.1, 0.15) is 10.5 Å². The highest BCUT2D eigenvalue weighted by molar-refractivity contribution is 7.79. The van der Waals surface area contributed by atoms with Gasteiger partial charge in [-0.05, 0) is 0 Å². The third-order valence-corrected chi connectivity index (χ3v) is 2.18. The predicted octanol–water partition coefficient (Wildman–Crippen LogP) is -0.793. The highest BCUT2D eigenvalue weighted by Gasteiger charge is 2.20. The second-order valence-corrected chi connectivity index (χ2v) is 3.54. The third-order valence-electron chi connectivity index (χ3n) is 1.57. The molecule has 1 aromatic rings. The Morgan fingerprint density at radius 2 is 2.33 bits per heavy atom. The molecule has 0 amide bonds. The fourth-order valence-corrected chi connectivity index (χ4v) is 1.41. The number of aromatic amines is 1. The molecule has 0 aromatic carbocycles. The molecule has 0 aliphatic carbocycles. The molecule has 0 aliphatic heterocycles. The monoisotopic (exact) mass is 234 g/mol. The van der Waals surface area contributed by atoms with Gasteiger partial charge in [0.25, 0.3) is 0 Å². The van der Waals surface area contributed by atoms with Crippen molar-refractivity contribution < 1.29 is 18.3 Å². The number of esters is 1. The maximum Gasteiger partial charge on any atom is 0.362 e. The molecule has 1 rings (SSSR count). The van der Waals surface area contributed by atoms with Crippen molar-refractivity contribution in [2.24, 2.45) is 0 Å². The summed E-state index contributed by atoms with van der Waals surface area (Å²) in [5.41, 5.74) is -0.0227. The van der Waals surface area contributed by atoms with Crippen LogP contribution in [-0.4, -0.2) is 50.2 Å². The molecule has 9 heteroatoms.